The summed E-state index contributed by atoms with van der Waals surface area (Å²) in [5.74, 6) is -0.680. The highest BCUT2D eigenvalue weighted by molar-refractivity contribution is 7.89. The molecule has 1 aromatic rings. The van der Waals surface area contributed by atoms with Crippen molar-refractivity contribution in [2.45, 2.75) is 62.0 Å². The summed E-state index contributed by atoms with van der Waals surface area (Å²) < 4.78 is 41.3. The fourth-order valence-electron chi connectivity index (χ4n) is 2.61. The van der Waals surface area contributed by atoms with E-state index >= 15 is 0 Å². The molecule has 116 valence electrons. The predicted molar refractivity (Wildman–Crippen MR) is 78.8 cm³/mol. The molecule has 0 amide bonds. The molecule has 0 aliphatic heterocycles. The molecule has 2 aliphatic carbocycles. The average Bonchev–Trinajstić information content (AvgIpc) is 3.17. The molecule has 0 radical (unpaired) electrons. The summed E-state index contributed by atoms with van der Waals surface area (Å²) in [6.07, 6.45) is 4.94. The first kappa shape index (κ1) is 14.9. The Balaban J connectivity index is 1.74. The van der Waals surface area contributed by atoms with Crippen LogP contribution in [0.15, 0.2) is 23.1 Å². The third-order valence-electron chi connectivity index (χ3n) is 4.30. The quantitative estimate of drug-likeness (QED) is 0.847. The molecule has 0 unspecified atom stereocenters. The maximum atomic E-state index is 14.1. The normalized spacial score (nSPS) is 21.0. The zero-order chi connectivity index (χ0) is 15.1. The summed E-state index contributed by atoms with van der Waals surface area (Å²) in [5, 5.41) is 3.28. The van der Waals surface area contributed by atoms with E-state index in [9.17, 15) is 12.8 Å². The smallest absolute Gasteiger partial charge is 0.243 e. The van der Waals surface area contributed by atoms with Gasteiger partial charge in [-0.1, -0.05) is 6.07 Å². The van der Waals surface area contributed by atoms with Crippen molar-refractivity contribution in [3.63, 3.8) is 0 Å². The number of benzene rings is 1. The second-order valence-corrected chi connectivity index (χ2v) is 8.09. The van der Waals surface area contributed by atoms with Crippen molar-refractivity contribution >= 4 is 10.0 Å². The highest BCUT2D eigenvalue weighted by atomic mass is 32.2. The van der Waals surface area contributed by atoms with Crippen LogP contribution in [-0.4, -0.2) is 20.0 Å². The SMILES string of the molecule is CC1(NS(=O)(=O)c2ccc(CNC3CC3)cc2F)CCC1. The van der Waals surface area contributed by atoms with Crippen molar-refractivity contribution in [1.82, 2.24) is 10.0 Å². The van der Waals surface area contributed by atoms with Crippen molar-refractivity contribution < 1.29 is 12.8 Å². The van der Waals surface area contributed by atoms with Gasteiger partial charge in [0.25, 0.3) is 0 Å². The summed E-state index contributed by atoms with van der Waals surface area (Å²) in [5.41, 5.74) is 0.352. The van der Waals surface area contributed by atoms with E-state index in [2.05, 4.69) is 10.0 Å². The molecule has 0 spiro atoms. The highest BCUT2D eigenvalue weighted by Crippen LogP contribution is 2.33. The number of rotatable bonds is 6. The van der Waals surface area contributed by atoms with Crippen LogP contribution in [-0.2, 0) is 16.6 Å². The lowest BCUT2D eigenvalue weighted by atomic mass is 9.80. The van der Waals surface area contributed by atoms with Gasteiger partial charge in [-0.15, -0.1) is 0 Å². The summed E-state index contributed by atoms with van der Waals surface area (Å²) in [4.78, 5) is -0.259. The van der Waals surface area contributed by atoms with Crippen LogP contribution in [0.5, 0.6) is 0 Å². The van der Waals surface area contributed by atoms with E-state index in [0.29, 0.717) is 12.6 Å². The molecular formula is C15H21FN2O2S. The van der Waals surface area contributed by atoms with E-state index in [-0.39, 0.29) is 4.90 Å². The van der Waals surface area contributed by atoms with E-state index < -0.39 is 21.4 Å². The van der Waals surface area contributed by atoms with Crippen molar-refractivity contribution in [3.05, 3.63) is 29.6 Å². The van der Waals surface area contributed by atoms with Gasteiger partial charge in [0, 0.05) is 18.1 Å². The molecule has 0 aromatic heterocycles. The minimum Gasteiger partial charge on any atom is -0.310 e. The Morgan fingerprint density at radius 2 is 2.05 bits per heavy atom. The standard InChI is InChI=1S/C15H21FN2O2S/c1-15(7-2-8-15)18-21(19,20)14-6-3-11(9-13(14)16)10-17-12-4-5-12/h3,6,9,12,17-18H,2,4-5,7-8,10H2,1H3. The van der Waals surface area contributed by atoms with Crippen LogP contribution >= 0.6 is 0 Å². The van der Waals surface area contributed by atoms with Crippen LogP contribution in [0.2, 0.25) is 0 Å². The first-order chi connectivity index (χ1) is 9.88. The number of nitrogens with one attached hydrogen (secondary N) is 2. The second-order valence-electron chi connectivity index (χ2n) is 6.44. The van der Waals surface area contributed by atoms with Crippen molar-refractivity contribution in [2.75, 3.05) is 0 Å². The van der Waals surface area contributed by atoms with E-state index in [1.807, 2.05) is 6.92 Å². The zero-order valence-corrected chi connectivity index (χ0v) is 13.0. The second kappa shape index (κ2) is 5.34. The summed E-state index contributed by atoms with van der Waals surface area (Å²) in [7, 11) is -3.79. The van der Waals surface area contributed by atoms with Gasteiger partial charge in [-0.3, -0.25) is 0 Å². The number of halogens is 1. The van der Waals surface area contributed by atoms with E-state index in [4.69, 9.17) is 0 Å². The molecular weight excluding hydrogens is 291 g/mol. The molecule has 0 saturated heterocycles. The van der Waals surface area contributed by atoms with Crippen molar-refractivity contribution in [3.8, 4) is 0 Å². The topological polar surface area (TPSA) is 58.2 Å². The third-order valence-corrected chi connectivity index (χ3v) is 5.97. The Bertz CT molecular complexity index is 637. The van der Waals surface area contributed by atoms with Crippen LogP contribution in [0.3, 0.4) is 0 Å². The number of sulfonamides is 1. The largest absolute Gasteiger partial charge is 0.310 e. The Hall–Kier alpha value is -0.980. The summed E-state index contributed by atoms with van der Waals surface area (Å²) in [6, 6.07) is 4.89. The van der Waals surface area contributed by atoms with E-state index in [1.165, 1.54) is 12.1 Å². The van der Waals surface area contributed by atoms with Crippen LogP contribution < -0.4 is 10.0 Å². The average molecular weight is 312 g/mol. The predicted octanol–water partition coefficient (Wildman–Crippen LogP) is 2.30. The molecule has 2 N–H and O–H groups in total. The molecule has 2 saturated carbocycles. The molecule has 3 rings (SSSR count). The first-order valence-corrected chi connectivity index (χ1v) is 8.92. The lowest BCUT2D eigenvalue weighted by Gasteiger charge is -2.38. The summed E-state index contributed by atoms with van der Waals surface area (Å²) in [6.45, 7) is 2.44. The van der Waals surface area contributed by atoms with E-state index in [1.54, 1.807) is 6.07 Å². The first-order valence-electron chi connectivity index (χ1n) is 7.44. The van der Waals surface area contributed by atoms with E-state index in [0.717, 1.165) is 37.7 Å². The minimum absolute atomic E-state index is 0.259. The molecule has 4 nitrogen and oxygen atoms in total. The molecule has 0 atom stereocenters. The monoisotopic (exact) mass is 312 g/mol. The lowest BCUT2D eigenvalue weighted by molar-refractivity contribution is 0.247. The van der Waals surface area contributed by atoms with Crippen LogP contribution in [0, 0.1) is 5.82 Å². The Morgan fingerprint density at radius 1 is 1.33 bits per heavy atom. The number of hydrogen-bond donors (Lipinski definition) is 2. The fourth-order valence-corrected chi connectivity index (χ4v) is 4.14. The molecule has 1 aromatic carbocycles. The van der Waals surface area contributed by atoms with Crippen LogP contribution in [0.4, 0.5) is 4.39 Å². The molecule has 2 fully saturated rings. The maximum absolute atomic E-state index is 14.1. The van der Waals surface area contributed by atoms with Crippen molar-refractivity contribution in [2.24, 2.45) is 0 Å². The zero-order valence-electron chi connectivity index (χ0n) is 12.2. The van der Waals surface area contributed by atoms with Gasteiger partial charge >= 0.3 is 0 Å². The Morgan fingerprint density at radius 3 is 2.57 bits per heavy atom. The molecule has 0 heterocycles. The van der Waals surface area contributed by atoms with Gasteiger partial charge in [-0.05, 0) is 56.7 Å². The van der Waals surface area contributed by atoms with Crippen molar-refractivity contribution in [1.29, 1.82) is 0 Å². The van der Waals surface area contributed by atoms with Crippen LogP contribution in [0.1, 0.15) is 44.6 Å². The van der Waals surface area contributed by atoms with Gasteiger partial charge in [0.2, 0.25) is 10.0 Å². The highest BCUT2D eigenvalue weighted by Gasteiger charge is 2.37. The summed E-state index contributed by atoms with van der Waals surface area (Å²) >= 11 is 0. The lowest BCUT2D eigenvalue weighted by Crippen LogP contribution is -2.50. The van der Waals surface area contributed by atoms with Gasteiger partial charge in [0.1, 0.15) is 10.7 Å². The number of hydrogen-bond acceptors (Lipinski definition) is 3. The fraction of sp³-hybridized carbons (Fsp3) is 0.600. The molecule has 21 heavy (non-hydrogen) atoms. The molecule has 0 bridgehead atoms. The Kier molecular flexibility index (Phi) is 3.80. The molecule has 2 aliphatic rings. The minimum atomic E-state index is -3.79. The Labute approximate surface area is 125 Å². The third kappa shape index (κ3) is 3.44. The van der Waals surface area contributed by atoms with Gasteiger partial charge in [-0.2, -0.15) is 0 Å². The van der Waals surface area contributed by atoms with Crippen LogP contribution in [0.25, 0.3) is 0 Å². The van der Waals surface area contributed by atoms with Gasteiger partial charge in [0.05, 0.1) is 0 Å². The van der Waals surface area contributed by atoms with Gasteiger partial charge < -0.3 is 5.32 Å². The van der Waals surface area contributed by atoms with Gasteiger partial charge in [-0.25, -0.2) is 17.5 Å². The molecule has 6 heteroatoms. The maximum Gasteiger partial charge on any atom is 0.243 e. The van der Waals surface area contributed by atoms with Gasteiger partial charge in [0.15, 0.2) is 0 Å².